The molecule has 20 heavy (non-hydrogen) atoms. The van der Waals surface area contributed by atoms with Gasteiger partial charge >= 0.3 is 0 Å². The van der Waals surface area contributed by atoms with Crippen molar-refractivity contribution in [3.8, 4) is 5.75 Å². The van der Waals surface area contributed by atoms with Crippen LogP contribution in [0, 0.1) is 17.0 Å². The number of anilines is 1. The Hall–Kier alpha value is -2.27. The van der Waals surface area contributed by atoms with Gasteiger partial charge in [-0.2, -0.15) is 0 Å². The molecule has 0 fully saturated rings. The number of aromatic hydroxyl groups is 1. The Balaban J connectivity index is 2.13. The van der Waals surface area contributed by atoms with Gasteiger partial charge < -0.3 is 10.4 Å². The summed E-state index contributed by atoms with van der Waals surface area (Å²) in [6, 6.07) is 9.75. The van der Waals surface area contributed by atoms with E-state index in [4.69, 9.17) is 11.6 Å². The molecule has 2 N–H and O–H groups in total. The van der Waals surface area contributed by atoms with E-state index in [2.05, 4.69) is 5.32 Å². The van der Waals surface area contributed by atoms with E-state index in [9.17, 15) is 15.2 Å². The van der Waals surface area contributed by atoms with Crippen molar-refractivity contribution >= 4 is 23.0 Å². The van der Waals surface area contributed by atoms with Crippen LogP contribution in [0.2, 0.25) is 5.02 Å². The van der Waals surface area contributed by atoms with Crippen LogP contribution in [-0.2, 0) is 6.54 Å². The fraction of sp³-hybridized carbons (Fsp3) is 0.143. The molecule has 6 heteroatoms. The smallest absolute Gasteiger partial charge is 0.288 e. The topological polar surface area (TPSA) is 75.4 Å². The molecule has 5 nitrogen and oxygen atoms in total. The lowest BCUT2D eigenvalue weighted by atomic mass is 10.1. The highest BCUT2D eigenvalue weighted by Crippen LogP contribution is 2.28. The Morgan fingerprint density at radius 1 is 1.30 bits per heavy atom. The normalized spacial score (nSPS) is 10.3. The lowest BCUT2D eigenvalue weighted by molar-refractivity contribution is -0.384. The molecular weight excluding hydrogens is 280 g/mol. The Morgan fingerprint density at radius 2 is 2.05 bits per heavy atom. The van der Waals surface area contributed by atoms with E-state index < -0.39 is 4.92 Å². The average Bonchev–Trinajstić information content (AvgIpc) is 2.39. The number of halogens is 1. The predicted molar refractivity (Wildman–Crippen MR) is 78.3 cm³/mol. The lowest BCUT2D eigenvalue weighted by Crippen LogP contribution is -2.00. The largest absolute Gasteiger partial charge is 0.508 e. The van der Waals surface area contributed by atoms with Gasteiger partial charge in [0.15, 0.2) is 0 Å². The summed E-state index contributed by atoms with van der Waals surface area (Å²) in [7, 11) is 0. The monoisotopic (exact) mass is 292 g/mol. The van der Waals surface area contributed by atoms with Crippen LogP contribution in [0.5, 0.6) is 5.75 Å². The third-order valence-electron chi connectivity index (χ3n) is 2.86. The summed E-state index contributed by atoms with van der Waals surface area (Å²) in [5, 5.41) is 23.5. The minimum atomic E-state index is -0.529. The number of nitrogens with zero attached hydrogens (tertiary/aromatic N) is 1. The molecule has 0 aromatic heterocycles. The van der Waals surface area contributed by atoms with E-state index >= 15 is 0 Å². The van der Waals surface area contributed by atoms with Gasteiger partial charge in [-0.25, -0.2) is 0 Å². The first-order chi connectivity index (χ1) is 9.47. The van der Waals surface area contributed by atoms with Crippen LogP contribution in [-0.4, -0.2) is 10.0 Å². The van der Waals surface area contributed by atoms with Gasteiger partial charge in [0.2, 0.25) is 0 Å². The quantitative estimate of drug-likeness (QED) is 0.662. The van der Waals surface area contributed by atoms with Crippen molar-refractivity contribution in [3.05, 3.63) is 62.7 Å². The van der Waals surface area contributed by atoms with Crippen molar-refractivity contribution < 1.29 is 10.0 Å². The molecule has 2 rings (SSSR count). The van der Waals surface area contributed by atoms with E-state index in [1.54, 1.807) is 12.1 Å². The highest BCUT2D eigenvalue weighted by molar-refractivity contribution is 6.32. The number of nitrogens with one attached hydrogen (secondary N) is 1. The first-order valence-corrected chi connectivity index (χ1v) is 6.31. The van der Waals surface area contributed by atoms with Crippen LogP contribution in [0.1, 0.15) is 11.1 Å². The second-order valence-electron chi connectivity index (χ2n) is 4.41. The summed E-state index contributed by atoms with van der Waals surface area (Å²) in [5.74, 6) is 0.205. The van der Waals surface area contributed by atoms with Crippen LogP contribution < -0.4 is 5.32 Å². The van der Waals surface area contributed by atoms with Crippen molar-refractivity contribution in [2.45, 2.75) is 13.5 Å². The van der Waals surface area contributed by atoms with Crippen LogP contribution in [0.3, 0.4) is 0 Å². The molecular formula is C14H13ClN2O3. The molecule has 0 atom stereocenters. The molecule has 0 aliphatic rings. The molecule has 0 amide bonds. The first-order valence-electron chi connectivity index (χ1n) is 5.93. The second-order valence-corrected chi connectivity index (χ2v) is 4.82. The summed E-state index contributed by atoms with van der Waals surface area (Å²) in [4.78, 5) is 10.1. The van der Waals surface area contributed by atoms with Crippen LogP contribution in [0.25, 0.3) is 0 Å². The van der Waals surface area contributed by atoms with Crippen molar-refractivity contribution in [3.63, 3.8) is 0 Å². The highest BCUT2D eigenvalue weighted by Gasteiger charge is 2.12. The zero-order valence-electron chi connectivity index (χ0n) is 10.8. The van der Waals surface area contributed by atoms with Crippen LogP contribution >= 0.6 is 11.6 Å². The van der Waals surface area contributed by atoms with Crippen molar-refractivity contribution in [1.82, 2.24) is 0 Å². The number of aryl methyl sites for hydroxylation is 1. The molecule has 2 aromatic carbocycles. The molecule has 0 spiro atoms. The average molecular weight is 293 g/mol. The molecule has 0 saturated carbocycles. The highest BCUT2D eigenvalue weighted by atomic mass is 35.5. The Morgan fingerprint density at radius 3 is 2.70 bits per heavy atom. The van der Waals surface area contributed by atoms with Crippen LogP contribution in [0.15, 0.2) is 36.4 Å². The number of hydrogen-bond donors (Lipinski definition) is 2. The number of nitro groups is 1. The van der Waals surface area contributed by atoms with Gasteiger partial charge in [-0.05, 0) is 25.1 Å². The fourth-order valence-electron chi connectivity index (χ4n) is 1.82. The zero-order valence-corrected chi connectivity index (χ0v) is 11.5. The van der Waals surface area contributed by atoms with E-state index in [0.717, 1.165) is 11.1 Å². The molecule has 0 unspecified atom stereocenters. The number of rotatable bonds is 4. The molecule has 104 valence electrons. The third-order valence-corrected chi connectivity index (χ3v) is 3.17. The van der Waals surface area contributed by atoms with Crippen molar-refractivity contribution in [2.75, 3.05) is 5.32 Å². The summed E-state index contributed by atoms with van der Waals surface area (Å²) < 4.78 is 0. The zero-order chi connectivity index (χ0) is 14.7. The standard InChI is InChI=1S/C14H13ClN2O3/c1-9-2-5-14(18)10(6-9)8-16-11-3-4-13(17(19)20)12(15)7-11/h2-7,16,18H,8H2,1H3. The number of phenolic OH excluding ortho intramolecular Hbond substituents is 1. The number of hydrogen-bond acceptors (Lipinski definition) is 4. The molecule has 0 saturated heterocycles. The molecule has 2 aromatic rings. The number of phenols is 1. The van der Waals surface area contributed by atoms with Gasteiger partial charge in [-0.15, -0.1) is 0 Å². The minimum absolute atomic E-state index is 0.0773. The van der Waals surface area contributed by atoms with Gasteiger partial charge in [0.1, 0.15) is 10.8 Å². The van der Waals surface area contributed by atoms with Gasteiger partial charge in [-0.1, -0.05) is 29.3 Å². The number of nitro benzene ring substituents is 1. The summed E-state index contributed by atoms with van der Waals surface area (Å²) in [6.45, 7) is 2.34. The van der Waals surface area contributed by atoms with Gasteiger partial charge in [0.05, 0.1) is 4.92 Å². The molecule has 0 aliphatic carbocycles. The third kappa shape index (κ3) is 3.19. The minimum Gasteiger partial charge on any atom is -0.508 e. The molecule has 0 radical (unpaired) electrons. The van der Waals surface area contributed by atoms with E-state index in [1.807, 2.05) is 19.1 Å². The van der Waals surface area contributed by atoms with Gasteiger partial charge in [-0.3, -0.25) is 10.1 Å². The van der Waals surface area contributed by atoms with Crippen molar-refractivity contribution in [2.24, 2.45) is 0 Å². The fourth-order valence-corrected chi connectivity index (χ4v) is 2.07. The maximum absolute atomic E-state index is 10.7. The Bertz CT molecular complexity index is 659. The summed E-state index contributed by atoms with van der Waals surface area (Å²) in [6.07, 6.45) is 0. The molecule has 0 heterocycles. The predicted octanol–water partition coefficient (Wildman–Crippen LogP) is 3.87. The van der Waals surface area contributed by atoms with Gasteiger partial charge in [0, 0.05) is 23.9 Å². The molecule has 0 aliphatic heterocycles. The maximum Gasteiger partial charge on any atom is 0.288 e. The first kappa shape index (κ1) is 14.1. The summed E-state index contributed by atoms with van der Waals surface area (Å²) >= 11 is 5.83. The maximum atomic E-state index is 10.7. The lowest BCUT2D eigenvalue weighted by Gasteiger charge is -2.09. The Labute approximate surface area is 121 Å². The van der Waals surface area contributed by atoms with Gasteiger partial charge in [0.25, 0.3) is 5.69 Å². The van der Waals surface area contributed by atoms with Crippen molar-refractivity contribution in [1.29, 1.82) is 0 Å². The molecule has 0 bridgehead atoms. The van der Waals surface area contributed by atoms with E-state index in [0.29, 0.717) is 12.2 Å². The number of benzene rings is 2. The SMILES string of the molecule is Cc1ccc(O)c(CNc2ccc([N+](=O)[O-])c(Cl)c2)c1. The Kier molecular flexibility index (Phi) is 4.10. The van der Waals surface area contributed by atoms with Crippen LogP contribution in [0.4, 0.5) is 11.4 Å². The van der Waals surface area contributed by atoms with E-state index in [-0.39, 0.29) is 16.5 Å². The van der Waals surface area contributed by atoms with E-state index in [1.165, 1.54) is 12.1 Å². The summed E-state index contributed by atoms with van der Waals surface area (Å²) in [5.41, 5.74) is 2.32. The second kappa shape index (κ2) is 5.79.